The molecule has 2 saturated heterocycles. The van der Waals surface area contributed by atoms with E-state index in [2.05, 4.69) is 17.0 Å². The first kappa shape index (κ1) is 21.2. The van der Waals surface area contributed by atoms with E-state index in [1.54, 1.807) is 0 Å². The van der Waals surface area contributed by atoms with E-state index in [1.165, 1.54) is 5.56 Å². The van der Waals surface area contributed by atoms with E-state index in [0.717, 1.165) is 65.1 Å². The number of hydrogen-bond donors (Lipinski definition) is 1. The number of amides is 1. The van der Waals surface area contributed by atoms with Gasteiger partial charge in [-0.2, -0.15) is 0 Å². The van der Waals surface area contributed by atoms with Crippen LogP contribution in [-0.4, -0.2) is 67.2 Å². The van der Waals surface area contributed by atoms with Crippen molar-refractivity contribution in [1.82, 2.24) is 9.80 Å². The molecule has 1 aromatic rings. The topological polar surface area (TPSA) is 58.8 Å². The minimum Gasteiger partial charge on any atom is -0.381 e. The lowest BCUT2D eigenvalue weighted by atomic mass is 10.0. The van der Waals surface area contributed by atoms with Crippen molar-refractivity contribution in [2.45, 2.75) is 44.2 Å². The van der Waals surface area contributed by atoms with Crippen molar-refractivity contribution < 1.29 is 9.53 Å². The maximum Gasteiger partial charge on any atom is 0.222 e. The zero-order chi connectivity index (χ0) is 17.5. The van der Waals surface area contributed by atoms with Crippen LogP contribution in [0.15, 0.2) is 30.3 Å². The summed E-state index contributed by atoms with van der Waals surface area (Å²) < 4.78 is 5.44. The van der Waals surface area contributed by atoms with Crippen molar-refractivity contribution in [2.75, 3.05) is 39.4 Å². The molecule has 0 radical (unpaired) electrons. The van der Waals surface area contributed by atoms with Crippen LogP contribution in [0.25, 0.3) is 0 Å². The Labute approximate surface area is 163 Å². The third kappa shape index (κ3) is 6.23. The van der Waals surface area contributed by atoms with Gasteiger partial charge in [0.15, 0.2) is 0 Å². The van der Waals surface area contributed by atoms with Gasteiger partial charge in [0.2, 0.25) is 5.91 Å². The molecule has 3 rings (SSSR count). The van der Waals surface area contributed by atoms with Gasteiger partial charge in [-0.15, -0.1) is 12.4 Å². The summed E-state index contributed by atoms with van der Waals surface area (Å²) in [7, 11) is 0. The lowest BCUT2D eigenvalue weighted by Gasteiger charge is -2.40. The smallest absolute Gasteiger partial charge is 0.222 e. The average molecular weight is 382 g/mol. The van der Waals surface area contributed by atoms with Gasteiger partial charge in [-0.3, -0.25) is 9.69 Å². The standard InChI is InChI=1S/C20H31N3O2.ClH/c21-18(16-17-4-2-1-3-5-17)6-7-20(24)23-12-10-22(11-13-23)19-8-14-25-15-9-19;/h1-5,18-19H,6-16,21H2;1H/t18-;/m0./s1. The van der Waals surface area contributed by atoms with E-state index in [1.807, 2.05) is 23.1 Å². The number of ether oxygens (including phenoxy) is 1. The molecule has 146 valence electrons. The molecule has 2 aliphatic rings. The Bertz CT molecular complexity index is 529. The van der Waals surface area contributed by atoms with Gasteiger partial charge >= 0.3 is 0 Å². The van der Waals surface area contributed by atoms with Gasteiger partial charge in [-0.05, 0) is 31.2 Å². The van der Waals surface area contributed by atoms with Gasteiger partial charge in [0.05, 0.1) is 0 Å². The van der Waals surface area contributed by atoms with Crippen LogP contribution >= 0.6 is 12.4 Å². The monoisotopic (exact) mass is 381 g/mol. The Hall–Kier alpha value is -1.14. The number of carbonyl (C=O) groups is 1. The predicted octanol–water partition coefficient (Wildman–Crippen LogP) is 2.08. The summed E-state index contributed by atoms with van der Waals surface area (Å²) in [6.07, 6.45) is 4.41. The molecule has 2 heterocycles. The molecule has 0 aromatic heterocycles. The van der Waals surface area contributed by atoms with Crippen LogP contribution in [0.5, 0.6) is 0 Å². The van der Waals surface area contributed by atoms with Crippen LogP contribution in [0.3, 0.4) is 0 Å². The number of carbonyl (C=O) groups excluding carboxylic acids is 1. The van der Waals surface area contributed by atoms with Crippen molar-refractivity contribution in [3.05, 3.63) is 35.9 Å². The van der Waals surface area contributed by atoms with Gasteiger partial charge in [0.1, 0.15) is 0 Å². The molecule has 0 aliphatic carbocycles. The maximum atomic E-state index is 12.5. The summed E-state index contributed by atoms with van der Waals surface area (Å²) in [5.41, 5.74) is 7.46. The van der Waals surface area contributed by atoms with E-state index in [4.69, 9.17) is 10.5 Å². The number of nitrogens with two attached hydrogens (primary N) is 1. The normalized spacial score (nSPS) is 20.4. The maximum absolute atomic E-state index is 12.5. The number of rotatable bonds is 6. The van der Waals surface area contributed by atoms with Crippen molar-refractivity contribution in [2.24, 2.45) is 5.73 Å². The van der Waals surface area contributed by atoms with Crippen LogP contribution in [0, 0.1) is 0 Å². The Morgan fingerprint density at radius 1 is 1.12 bits per heavy atom. The quantitative estimate of drug-likeness (QED) is 0.819. The van der Waals surface area contributed by atoms with Crippen molar-refractivity contribution in [1.29, 1.82) is 0 Å². The number of nitrogens with zero attached hydrogens (tertiary/aromatic N) is 2. The Morgan fingerprint density at radius 3 is 2.42 bits per heavy atom. The molecule has 1 atom stereocenters. The van der Waals surface area contributed by atoms with Gasteiger partial charge in [0, 0.05) is 57.9 Å². The summed E-state index contributed by atoms with van der Waals surface area (Å²) >= 11 is 0. The third-order valence-electron chi connectivity index (χ3n) is 5.44. The molecule has 2 fully saturated rings. The van der Waals surface area contributed by atoms with Gasteiger partial charge in [-0.25, -0.2) is 0 Å². The lowest BCUT2D eigenvalue weighted by Crippen LogP contribution is -2.53. The fraction of sp³-hybridized carbons (Fsp3) is 0.650. The van der Waals surface area contributed by atoms with Crippen molar-refractivity contribution in [3.63, 3.8) is 0 Å². The van der Waals surface area contributed by atoms with Crippen LogP contribution in [-0.2, 0) is 16.0 Å². The highest BCUT2D eigenvalue weighted by atomic mass is 35.5. The van der Waals surface area contributed by atoms with Gasteiger partial charge in [0.25, 0.3) is 0 Å². The van der Waals surface area contributed by atoms with Crippen LogP contribution < -0.4 is 5.73 Å². The van der Waals surface area contributed by atoms with Crippen LogP contribution in [0.1, 0.15) is 31.2 Å². The highest BCUT2D eigenvalue weighted by Crippen LogP contribution is 2.17. The third-order valence-corrected chi connectivity index (χ3v) is 5.44. The molecule has 0 bridgehead atoms. The summed E-state index contributed by atoms with van der Waals surface area (Å²) in [6.45, 7) is 5.44. The number of piperazine rings is 1. The molecule has 5 nitrogen and oxygen atoms in total. The second-order valence-electron chi connectivity index (χ2n) is 7.25. The summed E-state index contributed by atoms with van der Waals surface area (Å²) in [4.78, 5) is 17.0. The Morgan fingerprint density at radius 2 is 1.77 bits per heavy atom. The summed E-state index contributed by atoms with van der Waals surface area (Å²) in [5.74, 6) is 0.259. The van der Waals surface area contributed by atoms with E-state index >= 15 is 0 Å². The number of halogens is 1. The highest BCUT2D eigenvalue weighted by molar-refractivity contribution is 5.85. The predicted molar refractivity (Wildman–Crippen MR) is 107 cm³/mol. The van der Waals surface area contributed by atoms with E-state index in [-0.39, 0.29) is 24.4 Å². The second-order valence-corrected chi connectivity index (χ2v) is 7.25. The summed E-state index contributed by atoms with van der Waals surface area (Å²) in [5, 5.41) is 0. The number of hydrogen-bond acceptors (Lipinski definition) is 4. The van der Waals surface area contributed by atoms with Crippen molar-refractivity contribution in [3.8, 4) is 0 Å². The molecule has 26 heavy (non-hydrogen) atoms. The Balaban J connectivity index is 0.00000243. The highest BCUT2D eigenvalue weighted by Gasteiger charge is 2.27. The zero-order valence-electron chi connectivity index (χ0n) is 15.5. The second kappa shape index (κ2) is 10.9. The zero-order valence-corrected chi connectivity index (χ0v) is 16.3. The molecule has 0 unspecified atom stereocenters. The lowest BCUT2D eigenvalue weighted by molar-refractivity contribution is -0.133. The molecular formula is C20H32ClN3O2. The minimum absolute atomic E-state index is 0. The molecular weight excluding hydrogens is 350 g/mol. The van der Waals surface area contributed by atoms with E-state index < -0.39 is 0 Å². The Kier molecular flexibility index (Phi) is 8.85. The van der Waals surface area contributed by atoms with Crippen LogP contribution in [0.4, 0.5) is 0 Å². The van der Waals surface area contributed by atoms with E-state index in [0.29, 0.717) is 12.5 Å². The number of benzene rings is 1. The molecule has 6 heteroatoms. The minimum atomic E-state index is 0. The van der Waals surface area contributed by atoms with Crippen molar-refractivity contribution >= 4 is 18.3 Å². The SMILES string of the molecule is Cl.N[C@@H](CCC(=O)N1CCN(C2CCOCC2)CC1)Cc1ccccc1. The van der Waals surface area contributed by atoms with Gasteiger partial charge < -0.3 is 15.4 Å². The fourth-order valence-corrected chi connectivity index (χ4v) is 3.87. The van der Waals surface area contributed by atoms with E-state index in [9.17, 15) is 4.79 Å². The van der Waals surface area contributed by atoms with Crippen LogP contribution in [0.2, 0.25) is 0 Å². The summed E-state index contributed by atoms with van der Waals surface area (Å²) in [6, 6.07) is 11.0. The fourth-order valence-electron chi connectivity index (χ4n) is 3.87. The first-order chi connectivity index (χ1) is 12.2. The first-order valence-electron chi connectivity index (χ1n) is 9.61. The molecule has 1 aromatic carbocycles. The van der Waals surface area contributed by atoms with Gasteiger partial charge in [-0.1, -0.05) is 30.3 Å². The molecule has 2 N–H and O–H groups in total. The first-order valence-corrected chi connectivity index (χ1v) is 9.61. The molecule has 1 amide bonds. The molecule has 0 saturated carbocycles. The average Bonchev–Trinajstić information content (AvgIpc) is 2.68. The molecule has 2 aliphatic heterocycles. The molecule has 0 spiro atoms. The largest absolute Gasteiger partial charge is 0.381 e.